The molecule has 2 N–H and O–H groups in total. The zero-order valence-corrected chi connectivity index (χ0v) is 15.6. The second-order valence-corrected chi connectivity index (χ2v) is 6.49. The average Bonchev–Trinajstić information content (AvgIpc) is 2.66. The molecule has 0 aliphatic carbocycles. The van der Waals surface area contributed by atoms with Gasteiger partial charge in [0.2, 0.25) is 0 Å². The van der Waals surface area contributed by atoms with Gasteiger partial charge in [-0.05, 0) is 51.3 Å². The van der Waals surface area contributed by atoms with Gasteiger partial charge in [-0.2, -0.15) is 0 Å². The summed E-state index contributed by atoms with van der Waals surface area (Å²) < 4.78 is 5.80. The average molecular weight is 348 g/mol. The molecule has 0 spiro atoms. The van der Waals surface area contributed by atoms with E-state index in [0.717, 1.165) is 57.7 Å². The smallest absolute Gasteiger partial charge is 0.255 e. The van der Waals surface area contributed by atoms with Crippen molar-refractivity contribution in [2.45, 2.75) is 45.6 Å². The van der Waals surface area contributed by atoms with Crippen LogP contribution in [0.4, 0.5) is 5.82 Å². The Kier molecular flexibility index (Phi) is 8.15. The molecule has 1 aromatic heterocycles. The van der Waals surface area contributed by atoms with Gasteiger partial charge in [-0.3, -0.25) is 4.79 Å². The highest BCUT2D eigenvalue weighted by Gasteiger charge is 2.24. The fourth-order valence-corrected chi connectivity index (χ4v) is 3.15. The van der Waals surface area contributed by atoms with Crippen LogP contribution in [-0.4, -0.2) is 61.2 Å². The molecule has 1 fully saturated rings. The molecular weight excluding hydrogens is 316 g/mol. The van der Waals surface area contributed by atoms with Crippen molar-refractivity contribution in [3.63, 3.8) is 0 Å². The monoisotopic (exact) mass is 348 g/mol. The van der Waals surface area contributed by atoms with E-state index in [1.165, 1.54) is 0 Å². The zero-order chi connectivity index (χ0) is 18.1. The van der Waals surface area contributed by atoms with Crippen molar-refractivity contribution in [2.24, 2.45) is 5.73 Å². The molecule has 1 amide bonds. The number of anilines is 1. The van der Waals surface area contributed by atoms with Crippen molar-refractivity contribution >= 4 is 11.7 Å². The first-order chi connectivity index (χ1) is 12.2. The summed E-state index contributed by atoms with van der Waals surface area (Å²) in [6, 6.07) is 3.85. The molecule has 1 saturated heterocycles. The van der Waals surface area contributed by atoms with E-state index in [-0.39, 0.29) is 12.0 Å². The van der Waals surface area contributed by atoms with E-state index >= 15 is 0 Å². The first-order valence-corrected chi connectivity index (χ1v) is 9.51. The second kappa shape index (κ2) is 10.4. The highest BCUT2D eigenvalue weighted by atomic mass is 16.5. The van der Waals surface area contributed by atoms with Crippen LogP contribution in [0.5, 0.6) is 0 Å². The SMILES string of the molecule is CCCN(CC)c1ccc(C(=O)N2CCC(OCCCN)CC2)cn1. The first kappa shape index (κ1) is 19.7. The first-order valence-electron chi connectivity index (χ1n) is 9.51. The van der Waals surface area contributed by atoms with Crippen LogP contribution in [0.15, 0.2) is 18.3 Å². The molecule has 0 bridgehead atoms. The molecule has 6 heteroatoms. The van der Waals surface area contributed by atoms with Gasteiger partial charge in [0.05, 0.1) is 11.7 Å². The molecule has 0 aromatic carbocycles. The van der Waals surface area contributed by atoms with Gasteiger partial charge < -0.3 is 20.3 Å². The summed E-state index contributed by atoms with van der Waals surface area (Å²) in [4.78, 5) is 21.3. The largest absolute Gasteiger partial charge is 0.378 e. The molecule has 0 atom stereocenters. The van der Waals surface area contributed by atoms with Gasteiger partial charge in [-0.15, -0.1) is 0 Å². The Morgan fingerprint density at radius 3 is 2.68 bits per heavy atom. The van der Waals surface area contributed by atoms with E-state index in [0.29, 0.717) is 18.7 Å². The van der Waals surface area contributed by atoms with Gasteiger partial charge in [-0.1, -0.05) is 6.92 Å². The quantitative estimate of drug-likeness (QED) is 0.693. The van der Waals surface area contributed by atoms with E-state index in [1.54, 1.807) is 6.20 Å². The number of nitrogens with zero attached hydrogens (tertiary/aromatic N) is 3. The highest BCUT2D eigenvalue weighted by Crippen LogP contribution is 2.18. The number of carbonyl (C=O) groups excluding carboxylic acids is 1. The van der Waals surface area contributed by atoms with E-state index in [2.05, 4.69) is 23.7 Å². The van der Waals surface area contributed by atoms with Crippen LogP contribution in [-0.2, 0) is 4.74 Å². The maximum atomic E-state index is 12.7. The normalized spacial score (nSPS) is 15.4. The Morgan fingerprint density at radius 1 is 1.36 bits per heavy atom. The number of pyridine rings is 1. The van der Waals surface area contributed by atoms with E-state index < -0.39 is 0 Å². The molecule has 0 radical (unpaired) electrons. The van der Waals surface area contributed by atoms with E-state index in [9.17, 15) is 4.79 Å². The number of amides is 1. The van der Waals surface area contributed by atoms with E-state index in [4.69, 9.17) is 10.5 Å². The topological polar surface area (TPSA) is 71.7 Å². The number of piperidine rings is 1. The Labute approximate surface area is 151 Å². The molecule has 0 unspecified atom stereocenters. The van der Waals surface area contributed by atoms with Crippen LogP contribution < -0.4 is 10.6 Å². The molecule has 1 aliphatic heterocycles. The Balaban J connectivity index is 1.87. The maximum Gasteiger partial charge on any atom is 0.255 e. The van der Waals surface area contributed by atoms with Gasteiger partial charge in [0.15, 0.2) is 0 Å². The molecule has 0 saturated carbocycles. The van der Waals surface area contributed by atoms with Gasteiger partial charge in [0, 0.05) is 39.0 Å². The van der Waals surface area contributed by atoms with Crippen molar-refractivity contribution in [1.29, 1.82) is 0 Å². The minimum atomic E-state index is 0.0676. The fraction of sp³-hybridized carbons (Fsp3) is 0.684. The molecule has 2 heterocycles. The summed E-state index contributed by atoms with van der Waals surface area (Å²) in [5.74, 6) is 1.01. The van der Waals surface area contributed by atoms with Gasteiger partial charge in [0.25, 0.3) is 5.91 Å². The van der Waals surface area contributed by atoms with Crippen LogP contribution in [0.2, 0.25) is 0 Å². The third-order valence-electron chi connectivity index (χ3n) is 4.63. The lowest BCUT2D eigenvalue weighted by Gasteiger charge is -2.32. The third-order valence-corrected chi connectivity index (χ3v) is 4.63. The minimum absolute atomic E-state index is 0.0676. The van der Waals surface area contributed by atoms with Crippen molar-refractivity contribution in [3.05, 3.63) is 23.9 Å². The van der Waals surface area contributed by atoms with Crippen molar-refractivity contribution in [3.8, 4) is 0 Å². The fourth-order valence-electron chi connectivity index (χ4n) is 3.15. The number of hydrogen-bond acceptors (Lipinski definition) is 5. The lowest BCUT2D eigenvalue weighted by Crippen LogP contribution is -2.41. The van der Waals surface area contributed by atoms with Crippen molar-refractivity contribution in [2.75, 3.05) is 44.2 Å². The van der Waals surface area contributed by atoms with Crippen molar-refractivity contribution in [1.82, 2.24) is 9.88 Å². The Morgan fingerprint density at radius 2 is 2.12 bits per heavy atom. The molecule has 2 rings (SSSR count). The predicted molar refractivity (Wildman–Crippen MR) is 101 cm³/mol. The summed E-state index contributed by atoms with van der Waals surface area (Å²) in [7, 11) is 0. The Hall–Kier alpha value is -1.66. The molecule has 140 valence electrons. The lowest BCUT2D eigenvalue weighted by atomic mass is 10.1. The second-order valence-electron chi connectivity index (χ2n) is 6.49. The number of aromatic nitrogens is 1. The van der Waals surface area contributed by atoms with Gasteiger partial charge in [0.1, 0.15) is 5.82 Å². The van der Waals surface area contributed by atoms with Crippen LogP contribution in [0.25, 0.3) is 0 Å². The lowest BCUT2D eigenvalue weighted by molar-refractivity contribution is 0.00844. The number of rotatable bonds is 9. The van der Waals surface area contributed by atoms with Crippen LogP contribution in [0.1, 0.15) is 49.9 Å². The van der Waals surface area contributed by atoms with Gasteiger partial charge in [-0.25, -0.2) is 4.98 Å². The third kappa shape index (κ3) is 5.68. The van der Waals surface area contributed by atoms with Crippen LogP contribution >= 0.6 is 0 Å². The molecule has 1 aliphatic rings. The standard InChI is InChI=1S/C19H32N4O2/c1-3-11-22(4-2)18-7-6-16(15-21-18)19(24)23-12-8-17(9-13-23)25-14-5-10-20/h6-7,15,17H,3-5,8-14,20H2,1-2H3. The summed E-state index contributed by atoms with van der Waals surface area (Å²) in [6.07, 6.45) is 5.72. The maximum absolute atomic E-state index is 12.7. The summed E-state index contributed by atoms with van der Waals surface area (Å²) >= 11 is 0. The highest BCUT2D eigenvalue weighted by molar-refractivity contribution is 5.94. The summed E-state index contributed by atoms with van der Waals surface area (Å²) in [6.45, 7) is 9.04. The predicted octanol–water partition coefficient (Wildman–Crippen LogP) is 2.29. The number of likely N-dealkylation sites (tertiary alicyclic amines) is 1. The molecule has 6 nitrogen and oxygen atoms in total. The van der Waals surface area contributed by atoms with Crippen LogP contribution in [0.3, 0.4) is 0 Å². The Bertz CT molecular complexity index is 513. The summed E-state index contributed by atoms with van der Waals surface area (Å²) in [5, 5.41) is 0. The summed E-state index contributed by atoms with van der Waals surface area (Å²) in [5.41, 5.74) is 6.15. The van der Waals surface area contributed by atoms with Crippen molar-refractivity contribution < 1.29 is 9.53 Å². The molecule has 1 aromatic rings. The number of carbonyl (C=O) groups is 1. The van der Waals surface area contributed by atoms with E-state index in [1.807, 2.05) is 17.0 Å². The number of hydrogen-bond donors (Lipinski definition) is 1. The van der Waals surface area contributed by atoms with Crippen LogP contribution in [0, 0.1) is 0 Å². The number of nitrogens with two attached hydrogens (primary N) is 1. The molecule has 25 heavy (non-hydrogen) atoms. The zero-order valence-electron chi connectivity index (χ0n) is 15.6. The molecular formula is C19H32N4O2. The van der Waals surface area contributed by atoms with Gasteiger partial charge >= 0.3 is 0 Å². The minimum Gasteiger partial charge on any atom is -0.378 e. The number of ether oxygens (including phenoxy) is 1.